The summed E-state index contributed by atoms with van der Waals surface area (Å²) < 4.78 is 0. The molecule has 3 aromatic rings. The van der Waals surface area contributed by atoms with Gasteiger partial charge in [-0.1, -0.05) is 91.7 Å². The summed E-state index contributed by atoms with van der Waals surface area (Å²) in [4.78, 5) is 29.8. The fourth-order valence-corrected chi connectivity index (χ4v) is 4.84. The quantitative estimate of drug-likeness (QED) is 0.215. The van der Waals surface area contributed by atoms with Crippen LogP contribution in [0.4, 0.5) is 0 Å². The fourth-order valence-electron chi connectivity index (χ4n) is 3.79. The highest BCUT2D eigenvalue weighted by Crippen LogP contribution is 2.23. The average molecular weight is 509 g/mol. The van der Waals surface area contributed by atoms with E-state index in [0.29, 0.717) is 30.2 Å². The van der Waals surface area contributed by atoms with Crippen molar-refractivity contribution >= 4 is 35.2 Å². The summed E-state index contributed by atoms with van der Waals surface area (Å²) in [6.07, 6.45) is 2.66. The number of rotatable bonds is 13. The highest BCUT2D eigenvalue weighted by molar-refractivity contribution is 7.99. The van der Waals surface area contributed by atoms with Crippen LogP contribution in [0.3, 0.4) is 0 Å². The van der Waals surface area contributed by atoms with Crippen LogP contribution in [0.1, 0.15) is 37.3 Å². The van der Waals surface area contributed by atoms with Crippen LogP contribution < -0.4 is 5.32 Å². The van der Waals surface area contributed by atoms with E-state index in [1.165, 1.54) is 0 Å². The molecule has 0 fully saturated rings. The summed E-state index contributed by atoms with van der Waals surface area (Å²) in [5.41, 5.74) is 1.84. The number of carbonyl (C=O) groups excluding carboxylic acids is 2. The minimum absolute atomic E-state index is 0.0556. The van der Waals surface area contributed by atoms with E-state index < -0.39 is 6.04 Å². The molecule has 0 bridgehead atoms. The Morgan fingerprint density at radius 3 is 2.29 bits per heavy atom. The topological polar surface area (TPSA) is 49.4 Å². The molecule has 1 atom stereocenters. The van der Waals surface area contributed by atoms with Gasteiger partial charge in [0.2, 0.25) is 11.8 Å². The Morgan fingerprint density at radius 2 is 1.60 bits per heavy atom. The van der Waals surface area contributed by atoms with Crippen molar-refractivity contribution in [3.8, 4) is 0 Å². The Labute approximate surface area is 218 Å². The third-order valence-electron chi connectivity index (χ3n) is 5.73. The van der Waals surface area contributed by atoms with Gasteiger partial charge in [-0.05, 0) is 35.7 Å². The minimum atomic E-state index is -0.625. The lowest BCUT2D eigenvalue weighted by atomic mass is 10.0. The van der Waals surface area contributed by atoms with Crippen LogP contribution in [0.5, 0.6) is 0 Å². The molecule has 3 rings (SSSR count). The Balaban J connectivity index is 1.84. The first-order valence-corrected chi connectivity index (χ1v) is 13.5. The van der Waals surface area contributed by atoms with Gasteiger partial charge in [0.15, 0.2) is 0 Å². The second kappa shape index (κ2) is 14.6. The number of hydrogen-bond donors (Lipinski definition) is 1. The lowest BCUT2D eigenvalue weighted by Crippen LogP contribution is -2.50. The molecular formula is C29H33ClN2O2S. The van der Waals surface area contributed by atoms with Crippen LogP contribution in [0.15, 0.2) is 89.8 Å². The van der Waals surface area contributed by atoms with Crippen molar-refractivity contribution in [2.45, 2.75) is 50.1 Å². The molecule has 0 spiro atoms. The predicted octanol–water partition coefficient (Wildman–Crippen LogP) is 6.38. The van der Waals surface area contributed by atoms with Crippen molar-refractivity contribution in [1.29, 1.82) is 0 Å². The number of hydrogen-bond acceptors (Lipinski definition) is 3. The first-order chi connectivity index (χ1) is 17.1. The maximum atomic E-state index is 13.6. The second-order valence-corrected chi connectivity index (χ2v) is 9.95. The lowest BCUT2D eigenvalue weighted by molar-refractivity contribution is -0.141. The molecule has 1 N–H and O–H groups in total. The molecule has 0 unspecified atom stereocenters. The van der Waals surface area contributed by atoms with Gasteiger partial charge < -0.3 is 10.2 Å². The standard InChI is InChI=1S/C29H33ClN2O2S/c1-2-3-19-31-29(34)27(21-23-12-6-4-7-13-23)32(22-24-14-10-11-17-26(24)30)28(33)18-20-35-25-15-8-5-9-16-25/h4-17,27H,2-3,18-22H2,1H3,(H,31,34)/t27-/m0/s1. The Kier molecular flexibility index (Phi) is 11.2. The first kappa shape index (κ1) is 26.8. The SMILES string of the molecule is CCCCNC(=O)[C@H](Cc1ccccc1)N(Cc1ccccc1Cl)C(=O)CCSc1ccccc1. The van der Waals surface area contributed by atoms with Gasteiger partial charge in [0.05, 0.1) is 0 Å². The Bertz CT molecular complexity index is 1060. The molecule has 0 aromatic heterocycles. The van der Waals surface area contributed by atoms with Gasteiger partial charge in [-0.25, -0.2) is 0 Å². The van der Waals surface area contributed by atoms with Crippen LogP contribution >= 0.6 is 23.4 Å². The molecule has 6 heteroatoms. The summed E-state index contributed by atoms with van der Waals surface area (Å²) in [5.74, 6) is 0.454. The summed E-state index contributed by atoms with van der Waals surface area (Å²) in [5, 5.41) is 3.64. The number of benzene rings is 3. The van der Waals surface area contributed by atoms with Crippen molar-refractivity contribution in [1.82, 2.24) is 10.2 Å². The smallest absolute Gasteiger partial charge is 0.243 e. The largest absolute Gasteiger partial charge is 0.354 e. The fraction of sp³-hybridized carbons (Fsp3) is 0.310. The maximum absolute atomic E-state index is 13.6. The molecule has 0 radical (unpaired) electrons. The van der Waals surface area contributed by atoms with Crippen molar-refractivity contribution in [2.75, 3.05) is 12.3 Å². The first-order valence-electron chi connectivity index (χ1n) is 12.1. The molecule has 0 aliphatic carbocycles. The van der Waals surface area contributed by atoms with E-state index in [1.54, 1.807) is 16.7 Å². The van der Waals surface area contributed by atoms with E-state index in [1.807, 2.05) is 84.9 Å². The number of halogens is 1. The van der Waals surface area contributed by atoms with Crippen molar-refractivity contribution < 1.29 is 9.59 Å². The third-order valence-corrected chi connectivity index (χ3v) is 7.11. The summed E-state index contributed by atoms with van der Waals surface area (Å²) >= 11 is 8.10. The third kappa shape index (κ3) is 8.75. The normalized spacial score (nSPS) is 11.6. The van der Waals surface area contributed by atoms with Gasteiger partial charge in [0.1, 0.15) is 6.04 Å². The summed E-state index contributed by atoms with van der Waals surface area (Å²) in [6.45, 7) is 2.97. The number of nitrogens with zero attached hydrogens (tertiary/aromatic N) is 1. The molecule has 184 valence electrons. The maximum Gasteiger partial charge on any atom is 0.243 e. The Hall–Kier alpha value is -2.76. The average Bonchev–Trinajstić information content (AvgIpc) is 2.88. The summed E-state index contributed by atoms with van der Waals surface area (Å²) in [6, 6.07) is 26.8. The van der Waals surface area contributed by atoms with E-state index >= 15 is 0 Å². The van der Waals surface area contributed by atoms with E-state index in [-0.39, 0.29) is 18.4 Å². The van der Waals surface area contributed by atoms with E-state index in [4.69, 9.17) is 11.6 Å². The van der Waals surface area contributed by atoms with Gasteiger partial charge >= 0.3 is 0 Å². The molecule has 0 saturated heterocycles. The number of thioether (sulfide) groups is 1. The molecular weight excluding hydrogens is 476 g/mol. The monoisotopic (exact) mass is 508 g/mol. The zero-order chi connectivity index (χ0) is 24.9. The van der Waals surface area contributed by atoms with Gasteiger partial charge in [-0.2, -0.15) is 0 Å². The summed E-state index contributed by atoms with van der Waals surface area (Å²) in [7, 11) is 0. The van der Waals surface area contributed by atoms with Gasteiger partial charge in [-0.3, -0.25) is 9.59 Å². The highest BCUT2D eigenvalue weighted by atomic mass is 35.5. The van der Waals surface area contributed by atoms with Crippen LogP contribution in [-0.2, 0) is 22.6 Å². The Morgan fingerprint density at radius 1 is 0.943 bits per heavy atom. The number of amides is 2. The molecule has 0 heterocycles. The highest BCUT2D eigenvalue weighted by Gasteiger charge is 2.30. The lowest BCUT2D eigenvalue weighted by Gasteiger charge is -2.32. The van der Waals surface area contributed by atoms with E-state index in [2.05, 4.69) is 12.2 Å². The van der Waals surface area contributed by atoms with E-state index in [9.17, 15) is 9.59 Å². The van der Waals surface area contributed by atoms with Crippen molar-refractivity contribution in [3.05, 3.63) is 101 Å². The molecule has 35 heavy (non-hydrogen) atoms. The molecule has 0 aliphatic heterocycles. The van der Waals surface area contributed by atoms with E-state index in [0.717, 1.165) is 28.9 Å². The second-order valence-electron chi connectivity index (χ2n) is 8.37. The molecule has 0 aliphatic rings. The van der Waals surface area contributed by atoms with Gasteiger partial charge in [-0.15, -0.1) is 11.8 Å². The number of unbranched alkanes of at least 4 members (excludes halogenated alkanes) is 1. The van der Waals surface area contributed by atoms with Gasteiger partial charge in [0.25, 0.3) is 0 Å². The van der Waals surface area contributed by atoms with Crippen molar-refractivity contribution in [3.63, 3.8) is 0 Å². The molecule has 2 amide bonds. The van der Waals surface area contributed by atoms with Crippen LogP contribution in [-0.4, -0.2) is 35.1 Å². The minimum Gasteiger partial charge on any atom is -0.354 e. The zero-order valence-electron chi connectivity index (χ0n) is 20.2. The zero-order valence-corrected chi connectivity index (χ0v) is 21.7. The van der Waals surface area contributed by atoms with Gasteiger partial charge in [0, 0.05) is 41.6 Å². The number of carbonyl (C=O) groups is 2. The number of nitrogens with one attached hydrogen (secondary N) is 1. The predicted molar refractivity (Wildman–Crippen MR) is 146 cm³/mol. The van der Waals surface area contributed by atoms with Crippen LogP contribution in [0.2, 0.25) is 5.02 Å². The molecule has 4 nitrogen and oxygen atoms in total. The van der Waals surface area contributed by atoms with Crippen molar-refractivity contribution in [2.24, 2.45) is 0 Å². The van der Waals surface area contributed by atoms with Crippen LogP contribution in [0, 0.1) is 0 Å². The van der Waals surface area contributed by atoms with Crippen LogP contribution in [0.25, 0.3) is 0 Å². The molecule has 3 aromatic carbocycles. The molecule has 0 saturated carbocycles.